The Balaban J connectivity index is 2.34. The van der Waals surface area contributed by atoms with Crippen LogP contribution in [0.4, 0.5) is 18.9 Å². The first-order chi connectivity index (χ1) is 14.5. The smallest absolute Gasteiger partial charge is 0.368 e. The van der Waals surface area contributed by atoms with Crippen LogP contribution in [0.3, 0.4) is 0 Å². The number of alkyl halides is 3. The quantitative estimate of drug-likeness (QED) is 0.295. The molecule has 0 bridgehead atoms. The molecule has 0 aliphatic carbocycles. The van der Waals surface area contributed by atoms with Gasteiger partial charge in [-0.2, -0.15) is 17.9 Å². The second-order valence-corrected chi connectivity index (χ2v) is 9.47. The molecule has 0 amide bonds. The Hall–Kier alpha value is -2.97. The maximum atomic E-state index is 13.3. The molecule has 0 radical (unpaired) electrons. The number of halogens is 3. The molecular weight excluding hydrogens is 495 g/mol. The topological polar surface area (TPSA) is 223 Å². The van der Waals surface area contributed by atoms with Gasteiger partial charge in [-0.15, -0.1) is 20.2 Å². The highest BCUT2D eigenvalue weighted by Gasteiger charge is 2.40. The molecule has 1 aromatic rings. The first kappa shape index (κ1) is 25.3. The summed E-state index contributed by atoms with van der Waals surface area (Å²) >= 11 is 0. The zero-order valence-electron chi connectivity index (χ0n) is 15.4. The van der Waals surface area contributed by atoms with E-state index in [0.717, 1.165) is 0 Å². The SMILES string of the molecule is NS(=O)(=O)c1cc2c(cc1C(F)(F)F)NC(CCC(CO[N+](=O)[O-])O[N+](=O)[O-])NS2(=O)=O. The maximum Gasteiger partial charge on any atom is 0.417 e. The number of nitrogens with one attached hydrogen (secondary N) is 2. The summed E-state index contributed by atoms with van der Waals surface area (Å²) in [5.74, 6) is 0. The summed E-state index contributed by atoms with van der Waals surface area (Å²) in [4.78, 5) is 26.6. The third-order valence-electron chi connectivity index (χ3n) is 3.99. The molecule has 0 fully saturated rings. The minimum atomic E-state index is -5.20. The molecular formula is C12H14F3N5O10S2. The number of hydrogen-bond acceptors (Lipinski definition) is 11. The van der Waals surface area contributed by atoms with Crippen LogP contribution in [-0.2, 0) is 35.9 Å². The van der Waals surface area contributed by atoms with E-state index in [2.05, 4.69) is 15.0 Å². The third-order valence-corrected chi connectivity index (χ3v) is 6.45. The Labute approximate surface area is 177 Å². The van der Waals surface area contributed by atoms with Gasteiger partial charge in [0.1, 0.15) is 17.6 Å². The largest absolute Gasteiger partial charge is 0.417 e. The van der Waals surface area contributed by atoms with E-state index in [4.69, 9.17) is 5.14 Å². The van der Waals surface area contributed by atoms with Gasteiger partial charge in [-0.05, 0) is 25.0 Å². The molecule has 4 N–H and O–H groups in total. The molecule has 0 spiro atoms. The van der Waals surface area contributed by atoms with Gasteiger partial charge in [0.15, 0.2) is 0 Å². The van der Waals surface area contributed by atoms with Crippen molar-refractivity contribution >= 4 is 25.7 Å². The fourth-order valence-corrected chi connectivity index (χ4v) is 4.93. The Morgan fingerprint density at radius 3 is 2.34 bits per heavy atom. The van der Waals surface area contributed by atoms with E-state index in [1.807, 2.05) is 4.72 Å². The van der Waals surface area contributed by atoms with Crippen molar-refractivity contribution in [3.63, 3.8) is 0 Å². The first-order valence-electron chi connectivity index (χ1n) is 8.16. The van der Waals surface area contributed by atoms with Crippen LogP contribution in [0, 0.1) is 20.2 Å². The fourth-order valence-electron chi connectivity index (χ4n) is 2.74. The van der Waals surface area contributed by atoms with Crippen molar-refractivity contribution in [2.75, 3.05) is 11.9 Å². The lowest BCUT2D eigenvalue weighted by Gasteiger charge is -2.30. The van der Waals surface area contributed by atoms with Crippen molar-refractivity contribution in [3.05, 3.63) is 37.9 Å². The van der Waals surface area contributed by atoms with Gasteiger partial charge >= 0.3 is 6.18 Å². The van der Waals surface area contributed by atoms with E-state index in [-0.39, 0.29) is 18.6 Å². The molecule has 20 heteroatoms. The van der Waals surface area contributed by atoms with Crippen LogP contribution in [0.15, 0.2) is 21.9 Å². The highest BCUT2D eigenvalue weighted by atomic mass is 32.2. The number of fused-ring (bicyclic) bond motifs is 1. The summed E-state index contributed by atoms with van der Waals surface area (Å²) in [7, 11) is -9.50. The molecule has 0 saturated heterocycles. The minimum Gasteiger partial charge on any atom is -0.368 e. The van der Waals surface area contributed by atoms with E-state index >= 15 is 0 Å². The van der Waals surface area contributed by atoms with E-state index in [9.17, 15) is 50.2 Å². The van der Waals surface area contributed by atoms with Gasteiger partial charge in [0.25, 0.3) is 10.2 Å². The molecule has 0 aromatic heterocycles. The van der Waals surface area contributed by atoms with Crippen molar-refractivity contribution in [2.24, 2.45) is 5.14 Å². The highest BCUT2D eigenvalue weighted by molar-refractivity contribution is 7.90. The van der Waals surface area contributed by atoms with Gasteiger partial charge in [0.05, 0.1) is 22.3 Å². The average Bonchev–Trinajstić information content (AvgIpc) is 2.60. The monoisotopic (exact) mass is 509 g/mol. The van der Waals surface area contributed by atoms with Gasteiger partial charge in [-0.1, -0.05) is 0 Å². The number of nitrogens with two attached hydrogens (primary N) is 1. The van der Waals surface area contributed by atoms with Gasteiger partial charge in [-0.3, -0.25) is 0 Å². The number of anilines is 1. The lowest BCUT2D eigenvalue weighted by molar-refractivity contribution is -0.790. The predicted molar refractivity (Wildman–Crippen MR) is 94.6 cm³/mol. The fraction of sp³-hybridized carbons (Fsp3) is 0.500. The predicted octanol–water partition coefficient (Wildman–Crippen LogP) is -0.0519. The molecule has 180 valence electrons. The lowest BCUT2D eigenvalue weighted by atomic mass is 10.1. The summed E-state index contributed by atoms with van der Waals surface area (Å²) in [6.45, 7) is -0.875. The summed E-state index contributed by atoms with van der Waals surface area (Å²) < 4.78 is 89.9. The Kier molecular flexibility index (Phi) is 7.02. The lowest BCUT2D eigenvalue weighted by Crippen LogP contribution is -2.45. The molecule has 1 aliphatic heterocycles. The third kappa shape index (κ3) is 6.27. The molecule has 1 aliphatic rings. The van der Waals surface area contributed by atoms with Crippen LogP contribution in [0.1, 0.15) is 18.4 Å². The van der Waals surface area contributed by atoms with Crippen LogP contribution < -0.4 is 15.2 Å². The number of nitrogens with zero attached hydrogens (tertiary/aromatic N) is 2. The number of sulfonamides is 2. The second kappa shape index (κ2) is 8.88. The summed E-state index contributed by atoms with van der Waals surface area (Å²) in [6.07, 6.45) is -8.78. The first-order valence-corrected chi connectivity index (χ1v) is 11.2. The molecule has 32 heavy (non-hydrogen) atoms. The van der Waals surface area contributed by atoms with Crippen LogP contribution in [0.25, 0.3) is 0 Å². The van der Waals surface area contributed by atoms with Crippen LogP contribution in [0.5, 0.6) is 0 Å². The van der Waals surface area contributed by atoms with Gasteiger partial charge < -0.3 is 15.0 Å². The molecule has 1 heterocycles. The van der Waals surface area contributed by atoms with E-state index in [0.29, 0.717) is 0 Å². The number of benzene rings is 1. The van der Waals surface area contributed by atoms with Crippen LogP contribution in [-0.4, -0.2) is 45.9 Å². The van der Waals surface area contributed by atoms with Crippen LogP contribution in [0.2, 0.25) is 0 Å². The van der Waals surface area contributed by atoms with E-state index in [1.165, 1.54) is 0 Å². The Morgan fingerprint density at radius 1 is 1.22 bits per heavy atom. The van der Waals surface area contributed by atoms with Gasteiger partial charge in [0.2, 0.25) is 20.0 Å². The van der Waals surface area contributed by atoms with Crippen molar-refractivity contribution in [1.29, 1.82) is 0 Å². The summed E-state index contributed by atoms with van der Waals surface area (Å²) in [5.41, 5.74) is -2.32. The second-order valence-electron chi connectivity index (χ2n) is 6.25. The van der Waals surface area contributed by atoms with Crippen molar-refractivity contribution < 1.29 is 49.9 Å². The number of rotatable bonds is 9. The van der Waals surface area contributed by atoms with E-state index in [1.54, 1.807) is 0 Å². The zero-order valence-corrected chi connectivity index (χ0v) is 17.1. The van der Waals surface area contributed by atoms with Crippen LogP contribution >= 0.6 is 0 Å². The van der Waals surface area contributed by atoms with E-state index < -0.39 is 82.7 Å². The van der Waals surface area contributed by atoms with Crippen molar-refractivity contribution in [1.82, 2.24) is 4.72 Å². The highest BCUT2D eigenvalue weighted by Crippen LogP contribution is 2.39. The minimum absolute atomic E-state index is 0.251. The van der Waals surface area contributed by atoms with Crippen molar-refractivity contribution in [2.45, 2.75) is 41.1 Å². The molecule has 2 atom stereocenters. The normalized spacial score (nSPS) is 18.7. The Bertz CT molecular complexity index is 1120. The molecule has 15 nitrogen and oxygen atoms in total. The number of primary sulfonamides is 1. The maximum absolute atomic E-state index is 13.3. The van der Waals surface area contributed by atoms with Gasteiger partial charge in [0, 0.05) is 0 Å². The van der Waals surface area contributed by atoms with Gasteiger partial charge in [-0.25, -0.2) is 22.0 Å². The molecule has 0 saturated carbocycles. The standard InChI is InChI=1S/C12H14F3N5O10S2/c13-12(14,15)7-3-8-10(4-9(7)31(16,25)26)32(27,28)18-11(17-8)2-1-6(30-20(23)24)5-29-19(21)22/h3-4,6,11,17-18H,1-2,5H2,(H2,16,25,26). The zero-order chi connectivity index (χ0) is 24.5. The van der Waals surface area contributed by atoms with Crippen molar-refractivity contribution in [3.8, 4) is 0 Å². The average molecular weight is 509 g/mol. The molecule has 2 unspecified atom stereocenters. The molecule has 2 rings (SSSR count). The summed E-state index contributed by atoms with van der Waals surface area (Å²) in [6, 6.07) is 0.504. The Morgan fingerprint density at radius 2 is 1.84 bits per heavy atom. The number of hydrogen-bond donors (Lipinski definition) is 3. The molecule has 1 aromatic carbocycles. The summed E-state index contributed by atoms with van der Waals surface area (Å²) in [5, 5.41) is 25.4.